The maximum absolute atomic E-state index is 12.0. The summed E-state index contributed by atoms with van der Waals surface area (Å²) in [5, 5.41) is 7.64. The van der Waals surface area contributed by atoms with Crippen LogP contribution in [0.5, 0.6) is 0 Å². The molecule has 0 atom stereocenters. The Hall–Kier alpha value is -1.81. The van der Waals surface area contributed by atoms with Crippen molar-refractivity contribution in [2.75, 3.05) is 5.32 Å². The number of rotatable bonds is 3. The van der Waals surface area contributed by atoms with E-state index in [0.29, 0.717) is 5.02 Å². The molecular weight excluding hydrogens is 262 g/mol. The predicted molar refractivity (Wildman–Crippen MR) is 76.5 cm³/mol. The first-order valence-electron chi connectivity index (χ1n) is 6.03. The monoisotopic (exact) mass is 277 g/mol. The molecule has 1 N–H and O–H groups in total. The molecule has 1 aromatic carbocycles. The first kappa shape index (κ1) is 13.6. The van der Waals surface area contributed by atoms with Gasteiger partial charge < -0.3 is 5.32 Å². The van der Waals surface area contributed by atoms with Crippen molar-refractivity contribution in [3.8, 4) is 0 Å². The van der Waals surface area contributed by atoms with E-state index in [9.17, 15) is 4.79 Å². The van der Waals surface area contributed by atoms with E-state index >= 15 is 0 Å². The zero-order valence-corrected chi connectivity index (χ0v) is 12.0. The minimum atomic E-state index is -0.114. The number of nitrogens with zero attached hydrogens (tertiary/aromatic N) is 2. The number of para-hydroxylation sites is 1. The number of amides is 1. The van der Waals surface area contributed by atoms with E-state index in [1.807, 2.05) is 39.0 Å². The summed E-state index contributed by atoms with van der Waals surface area (Å²) in [6, 6.07) is 5.91. The third-order valence-electron chi connectivity index (χ3n) is 2.94. The molecule has 0 fully saturated rings. The minimum Gasteiger partial charge on any atom is -0.324 e. The number of carbonyl (C=O) groups is 1. The zero-order valence-electron chi connectivity index (χ0n) is 11.2. The quantitative estimate of drug-likeness (QED) is 0.937. The van der Waals surface area contributed by atoms with Crippen molar-refractivity contribution in [3.63, 3.8) is 0 Å². The Bertz CT molecular complexity index is 579. The molecule has 19 heavy (non-hydrogen) atoms. The summed E-state index contributed by atoms with van der Waals surface area (Å²) in [6.07, 6.45) is 1.65. The maximum Gasteiger partial charge on any atom is 0.246 e. The molecule has 1 heterocycles. The highest BCUT2D eigenvalue weighted by molar-refractivity contribution is 6.31. The van der Waals surface area contributed by atoms with E-state index in [0.717, 1.165) is 22.5 Å². The van der Waals surface area contributed by atoms with Crippen molar-refractivity contribution in [2.24, 2.45) is 0 Å². The van der Waals surface area contributed by atoms with E-state index in [4.69, 9.17) is 11.6 Å². The largest absolute Gasteiger partial charge is 0.324 e. The Balaban J connectivity index is 2.09. The van der Waals surface area contributed by atoms with Crippen LogP contribution in [-0.2, 0) is 11.3 Å². The molecule has 0 spiro atoms. The second-order valence-corrected chi connectivity index (χ2v) is 4.98. The Morgan fingerprint density at radius 1 is 1.32 bits per heavy atom. The molecule has 0 aliphatic carbocycles. The summed E-state index contributed by atoms with van der Waals surface area (Å²) < 4.78 is 1.54. The van der Waals surface area contributed by atoms with Crippen molar-refractivity contribution in [2.45, 2.75) is 27.3 Å². The number of hydrogen-bond acceptors (Lipinski definition) is 2. The molecule has 2 rings (SSSR count). The number of benzene rings is 1. The second kappa shape index (κ2) is 5.45. The van der Waals surface area contributed by atoms with Gasteiger partial charge in [0.05, 0.1) is 10.7 Å². The third kappa shape index (κ3) is 3.15. The molecule has 1 aromatic heterocycles. The van der Waals surface area contributed by atoms with Crippen LogP contribution in [0.15, 0.2) is 24.4 Å². The van der Waals surface area contributed by atoms with Gasteiger partial charge in [-0.05, 0) is 31.9 Å². The van der Waals surface area contributed by atoms with Crippen LogP contribution in [0.2, 0.25) is 5.02 Å². The van der Waals surface area contributed by atoms with Gasteiger partial charge >= 0.3 is 0 Å². The summed E-state index contributed by atoms with van der Waals surface area (Å²) in [7, 11) is 0. The molecule has 0 bridgehead atoms. The molecule has 0 aliphatic rings. The van der Waals surface area contributed by atoms with E-state index in [2.05, 4.69) is 10.4 Å². The van der Waals surface area contributed by atoms with Crippen molar-refractivity contribution >= 4 is 23.2 Å². The summed E-state index contributed by atoms with van der Waals surface area (Å²) in [4.78, 5) is 12.0. The van der Waals surface area contributed by atoms with Crippen molar-refractivity contribution < 1.29 is 4.79 Å². The maximum atomic E-state index is 12.0. The van der Waals surface area contributed by atoms with Gasteiger partial charge in [0.25, 0.3) is 0 Å². The van der Waals surface area contributed by atoms with E-state index < -0.39 is 0 Å². The van der Waals surface area contributed by atoms with E-state index in [1.165, 1.54) is 0 Å². The highest BCUT2D eigenvalue weighted by Gasteiger charge is 2.09. The Morgan fingerprint density at radius 3 is 2.47 bits per heavy atom. The normalized spacial score (nSPS) is 10.5. The molecular formula is C14H16ClN3O. The SMILES string of the molecule is Cc1cccc(C)c1NC(=O)Cn1cc(Cl)c(C)n1. The molecule has 2 aromatic rings. The van der Waals surface area contributed by atoms with E-state index in [-0.39, 0.29) is 12.5 Å². The lowest BCUT2D eigenvalue weighted by Gasteiger charge is -2.11. The average molecular weight is 278 g/mol. The number of aromatic nitrogens is 2. The molecule has 0 unspecified atom stereocenters. The van der Waals surface area contributed by atoms with Crippen LogP contribution in [0.3, 0.4) is 0 Å². The van der Waals surface area contributed by atoms with Crippen LogP contribution < -0.4 is 5.32 Å². The van der Waals surface area contributed by atoms with Gasteiger partial charge in [0, 0.05) is 11.9 Å². The zero-order chi connectivity index (χ0) is 14.0. The topological polar surface area (TPSA) is 46.9 Å². The smallest absolute Gasteiger partial charge is 0.246 e. The van der Waals surface area contributed by atoms with Crippen LogP contribution in [-0.4, -0.2) is 15.7 Å². The van der Waals surface area contributed by atoms with Gasteiger partial charge in [0.2, 0.25) is 5.91 Å². The Labute approximate surface area is 117 Å². The Morgan fingerprint density at radius 2 is 1.95 bits per heavy atom. The number of carbonyl (C=O) groups excluding carboxylic acids is 1. The molecule has 0 radical (unpaired) electrons. The van der Waals surface area contributed by atoms with Gasteiger partial charge in [-0.2, -0.15) is 5.10 Å². The highest BCUT2D eigenvalue weighted by Crippen LogP contribution is 2.19. The van der Waals surface area contributed by atoms with E-state index in [1.54, 1.807) is 10.9 Å². The average Bonchev–Trinajstić information content (AvgIpc) is 2.63. The van der Waals surface area contributed by atoms with Crippen LogP contribution in [0.1, 0.15) is 16.8 Å². The van der Waals surface area contributed by atoms with Gasteiger partial charge in [-0.15, -0.1) is 0 Å². The van der Waals surface area contributed by atoms with Gasteiger partial charge in [-0.1, -0.05) is 29.8 Å². The second-order valence-electron chi connectivity index (χ2n) is 4.58. The molecule has 5 heteroatoms. The summed E-state index contributed by atoms with van der Waals surface area (Å²) >= 11 is 5.91. The first-order chi connectivity index (χ1) is 8.97. The van der Waals surface area contributed by atoms with Gasteiger partial charge in [0.1, 0.15) is 6.54 Å². The van der Waals surface area contributed by atoms with Crippen molar-refractivity contribution in [1.82, 2.24) is 9.78 Å². The number of nitrogens with one attached hydrogen (secondary N) is 1. The van der Waals surface area contributed by atoms with Crippen molar-refractivity contribution in [3.05, 3.63) is 46.2 Å². The first-order valence-corrected chi connectivity index (χ1v) is 6.41. The number of aryl methyl sites for hydroxylation is 3. The molecule has 100 valence electrons. The van der Waals surface area contributed by atoms with Gasteiger partial charge in [-0.25, -0.2) is 0 Å². The standard InChI is InChI=1S/C14H16ClN3O/c1-9-5-4-6-10(2)14(9)16-13(19)8-18-7-12(15)11(3)17-18/h4-7H,8H2,1-3H3,(H,16,19). The van der Waals surface area contributed by atoms with Crippen LogP contribution in [0.25, 0.3) is 0 Å². The Kier molecular flexibility index (Phi) is 3.90. The lowest BCUT2D eigenvalue weighted by molar-refractivity contribution is -0.116. The minimum absolute atomic E-state index is 0.114. The fourth-order valence-corrected chi connectivity index (χ4v) is 2.06. The summed E-state index contributed by atoms with van der Waals surface area (Å²) in [5.74, 6) is -0.114. The van der Waals surface area contributed by atoms with Crippen LogP contribution in [0, 0.1) is 20.8 Å². The number of anilines is 1. The number of hydrogen-bond donors (Lipinski definition) is 1. The van der Waals surface area contributed by atoms with Crippen LogP contribution in [0.4, 0.5) is 5.69 Å². The van der Waals surface area contributed by atoms with Gasteiger partial charge in [-0.3, -0.25) is 9.48 Å². The lowest BCUT2D eigenvalue weighted by Crippen LogP contribution is -2.20. The summed E-state index contributed by atoms with van der Waals surface area (Å²) in [5.41, 5.74) is 3.68. The predicted octanol–water partition coefficient (Wildman–Crippen LogP) is 3.10. The molecule has 0 saturated carbocycles. The fourth-order valence-electron chi connectivity index (χ4n) is 1.91. The molecule has 4 nitrogen and oxygen atoms in total. The van der Waals surface area contributed by atoms with Crippen molar-refractivity contribution in [1.29, 1.82) is 0 Å². The fraction of sp³-hybridized carbons (Fsp3) is 0.286. The highest BCUT2D eigenvalue weighted by atomic mass is 35.5. The molecule has 0 saturated heterocycles. The van der Waals surface area contributed by atoms with Crippen LogP contribution >= 0.6 is 11.6 Å². The molecule has 1 amide bonds. The molecule has 0 aliphatic heterocycles. The summed E-state index contributed by atoms with van der Waals surface area (Å²) in [6.45, 7) is 5.90. The lowest BCUT2D eigenvalue weighted by atomic mass is 10.1. The third-order valence-corrected chi connectivity index (χ3v) is 3.31. The van der Waals surface area contributed by atoms with Gasteiger partial charge in [0.15, 0.2) is 0 Å². The number of halogens is 1.